The number of aryl methyl sites for hydroxylation is 1. The molecule has 1 saturated heterocycles. The van der Waals surface area contributed by atoms with Gasteiger partial charge in [0.2, 0.25) is 5.91 Å². The molecule has 1 amide bonds. The summed E-state index contributed by atoms with van der Waals surface area (Å²) in [6.07, 6.45) is 11.4. The summed E-state index contributed by atoms with van der Waals surface area (Å²) in [4.78, 5) is 30.0. The van der Waals surface area contributed by atoms with Crippen molar-refractivity contribution in [3.8, 4) is 11.5 Å². The first kappa shape index (κ1) is 47.0. The lowest BCUT2D eigenvalue weighted by Crippen LogP contribution is -2.69. The Morgan fingerprint density at radius 1 is 1.18 bits per heavy atom. The van der Waals surface area contributed by atoms with Crippen LogP contribution < -0.4 is 4.74 Å². The summed E-state index contributed by atoms with van der Waals surface area (Å²) in [5.41, 5.74) is 3.44. The van der Waals surface area contributed by atoms with Crippen LogP contribution in [0.2, 0.25) is 43.8 Å². The number of esters is 1. The van der Waals surface area contributed by atoms with Crippen molar-refractivity contribution < 1.29 is 33.3 Å². The molecule has 0 unspecified atom stereocenters. The summed E-state index contributed by atoms with van der Waals surface area (Å²) in [5, 5.41) is 11.1. The number of rotatable bonds is 17. The minimum atomic E-state index is -2.19. The molecule has 2 heterocycles. The second-order valence-corrected chi connectivity index (χ2v) is 31.0. The Kier molecular flexibility index (Phi) is 15.5. The zero-order chi connectivity index (χ0) is 42.7. The number of ether oxygens (including phenoxy) is 3. The normalized spacial score (nSPS) is 23.2. The van der Waals surface area contributed by atoms with Crippen LogP contribution in [0.5, 0.6) is 11.5 Å². The third kappa shape index (κ3) is 11.0. The van der Waals surface area contributed by atoms with Gasteiger partial charge in [-0.1, -0.05) is 95.7 Å². The van der Waals surface area contributed by atoms with Crippen LogP contribution in [-0.2, 0) is 29.9 Å². The van der Waals surface area contributed by atoms with E-state index in [1.807, 2.05) is 39.0 Å². The molecule has 0 bridgehead atoms. The maximum atomic E-state index is 14.1. The lowest BCUT2D eigenvalue weighted by Gasteiger charge is -2.55. The number of thiocarbonyl (C=S) groups is 1. The fourth-order valence-corrected chi connectivity index (χ4v) is 11.3. The summed E-state index contributed by atoms with van der Waals surface area (Å²) in [7, 11) is -3.64. The molecule has 1 N–H and O–H groups in total. The third-order valence-corrected chi connectivity index (χ3v) is 20.2. The van der Waals surface area contributed by atoms with Gasteiger partial charge in [-0.15, -0.1) is 0 Å². The number of aromatic hydroxyl groups is 1. The zero-order valence-electron chi connectivity index (χ0n) is 36.9. The van der Waals surface area contributed by atoms with E-state index in [9.17, 15) is 14.7 Å². The number of hydrogen-bond acceptors (Lipinski definition) is 9. The molecule has 1 fully saturated rings. The van der Waals surface area contributed by atoms with Crippen LogP contribution in [0.15, 0.2) is 58.7 Å². The van der Waals surface area contributed by atoms with Crippen molar-refractivity contribution >= 4 is 57.5 Å². The SMILES string of the molecule is C=C(C)[C@@H]1CCC(C)=C[C@H]1c1c(O)cc(CCCCC)cc1OC(=S)OC/C=C/C1=C(C(=O)OCC[Si](C)(C)C)N2C(=O)[C@](C)([C@@H](C)O[Si](C)(C)C(C)(C)C)[C@H]2S1. The highest BCUT2D eigenvalue weighted by molar-refractivity contribution is 8.04. The van der Waals surface area contributed by atoms with Crippen LogP contribution in [0.1, 0.15) is 105 Å². The number of unbranched alkanes of at least 4 members (excludes halogenated alkanes) is 2. The maximum absolute atomic E-state index is 14.1. The Morgan fingerprint density at radius 2 is 1.86 bits per heavy atom. The van der Waals surface area contributed by atoms with Gasteiger partial charge in [-0.05, 0) is 113 Å². The highest BCUT2D eigenvalue weighted by Crippen LogP contribution is 2.58. The van der Waals surface area contributed by atoms with Crippen LogP contribution in [0.25, 0.3) is 0 Å². The van der Waals surface area contributed by atoms with Gasteiger partial charge in [0, 0.05) is 36.7 Å². The molecule has 57 heavy (non-hydrogen) atoms. The van der Waals surface area contributed by atoms with Gasteiger partial charge in [0.25, 0.3) is 0 Å². The van der Waals surface area contributed by atoms with Gasteiger partial charge in [-0.25, -0.2) is 4.79 Å². The first-order valence-electron chi connectivity index (χ1n) is 20.7. The van der Waals surface area contributed by atoms with Gasteiger partial charge < -0.3 is 23.7 Å². The van der Waals surface area contributed by atoms with Crippen molar-refractivity contribution in [1.82, 2.24) is 4.90 Å². The van der Waals surface area contributed by atoms with E-state index in [0.29, 0.717) is 22.8 Å². The Labute approximate surface area is 355 Å². The second kappa shape index (κ2) is 18.7. The Bertz CT molecular complexity index is 1790. The number of phenols is 1. The first-order chi connectivity index (χ1) is 26.4. The number of allylic oxidation sites excluding steroid dienone is 4. The Hall–Kier alpha value is -2.65. The van der Waals surface area contributed by atoms with E-state index >= 15 is 0 Å². The highest BCUT2D eigenvalue weighted by Gasteiger charge is 2.67. The molecule has 4 rings (SSSR count). The molecule has 1 aromatic rings. The molecule has 8 nitrogen and oxygen atoms in total. The molecule has 2 aliphatic heterocycles. The van der Waals surface area contributed by atoms with Gasteiger partial charge in [0.1, 0.15) is 34.6 Å². The molecule has 0 aromatic heterocycles. The number of carbonyl (C=O) groups is 2. The molecule has 1 aromatic carbocycles. The lowest BCUT2D eigenvalue weighted by atomic mass is 9.73. The van der Waals surface area contributed by atoms with Crippen molar-refractivity contribution in [1.29, 1.82) is 0 Å². The monoisotopic (exact) mass is 855 g/mol. The van der Waals surface area contributed by atoms with Crippen molar-refractivity contribution in [3.63, 3.8) is 0 Å². The number of benzene rings is 1. The van der Waals surface area contributed by atoms with E-state index in [0.717, 1.165) is 55.7 Å². The molecule has 12 heteroatoms. The largest absolute Gasteiger partial charge is 0.507 e. The molecular formula is C45H69NO7S2Si2. The smallest absolute Gasteiger partial charge is 0.358 e. The van der Waals surface area contributed by atoms with Gasteiger partial charge in [-0.3, -0.25) is 9.69 Å². The van der Waals surface area contributed by atoms with Crippen molar-refractivity contribution in [2.45, 2.75) is 155 Å². The number of thioether (sulfide) groups is 1. The molecule has 5 atom stereocenters. The van der Waals surface area contributed by atoms with Crippen LogP contribution >= 0.6 is 24.0 Å². The summed E-state index contributed by atoms with van der Waals surface area (Å²) in [6.45, 7) is 32.6. The third-order valence-electron chi connectivity index (χ3n) is 12.3. The van der Waals surface area contributed by atoms with Crippen LogP contribution in [-0.4, -0.2) is 68.2 Å². The minimum Gasteiger partial charge on any atom is -0.507 e. The van der Waals surface area contributed by atoms with E-state index in [1.165, 1.54) is 17.3 Å². The van der Waals surface area contributed by atoms with Gasteiger partial charge >= 0.3 is 11.2 Å². The van der Waals surface area contributed by atoms with E-state index in [2.05, 4.69) is 80.0 Å². The zero-order valence-corrected chi connectivity index (χ0v) is 40.6. The summed E-state index contributed by atoms with van der Waals surface area (Å²) >= 11 is 7.11. The van der Waals surface area contributed by atoms with E-state index < -0.39 is 27.8 Å². The molecule has 0 radical (unpaired) electrons. The number of carbonyl (C=O) groups excluding carboxylic acids is 2. The van der Waals surface area contributed by atoms with Gasteiger partial charge in [0.05, 0.1) is 12.7 Å². The van der Waals surface area contributed by atoms with Crippen molar-refractivity contribution in [2.75, 3.05) is 13.2 Å². The summed E-state index contributed by atoms with van der Waals surface area (Å²) in [5.74, 6) is 0.0931. The van der Waals surface area contributed by atoms with Crippen LogP contribution in [0.3, 0.4) is 0 Å². The van der Waals surface area contributed by atoms with Crippen molar-refractivity contribution in [3.05, 3.63) is 69.8 Å². The highest BCUT2D eigenvalue weighted by atomic mass is 32.2. The fourth-order valence-electron chi connectivity index (χ4n) is 7.42. The number of amides is 1. The Morgan fingerprint density at radius 3 is 2.47 bits per heavy atom. The number of β-lactam (4-membered cyclic amide) rings is 1. The quantitative estimate of drug-likeness (QED) is 0.0410. The average molecular weight is 856 g/mol. The summed E-state index contributed by atoms with van der Waals surface area (Å²) < 4.78 is 24.8. The predicted octanol–water partition coefficient (Wildman–Crippen LogP) is 11.8. The standard InChI is InChI=1S/C45H69NO7S2Si2/c1-15-16-17-19-32-27-35(47)38(34-26-30(4)21-22-33(34)29(2)3)36(28-32)52-43(54)51-23-18-20-37-39(40(48)50-24-25-56(10,11)12)46-41(49)45(9,42(46)55-37)31(5)53-57(13,14)44(6,7)8/h18,20,26-28,31,33-34,42,47H,2,15-17,19,21-25H2,1,3-14H3/b20-18+/t31-,33+,34-,42-,45+/m1/s1. The van der Waals surface area contributed by atoms with E-state index in [-0.39, 0.29) is 57.5 Å². The molecule has 1 aliphatic carbocycles. The first-order valence-corrected chi connectivity index (χ1v) is 28.6. The summed E-state index contributed by atoms with van der Waals surface area (Å²) in [6, 6.07) is 4.67. The molecule has 3 aliphatic rings. The Balaban J connectivity index is 1.56. The van der Waals surface area contributed by atoms with Crippen LogP contribution in [0, 0.1) is 11.3 Å². The second-order valence-electron chi connectivity index (χ2n) is 19.2. The average Bonchev–Trinajstić information content (AvgIpc) is 3.45. The van der Waals surface area contributed by atoms with Gasteiger partial charge in [-0.2, -0.15) is 0 Å². The molecule has 316 valence electrons. The molecular weight excluding hydrogens is 787 g/mol. The lowest BCUT2D eigenvalue weighted by molar-refractivity contribution is -0.170. The number of nitrogens with zero attached hydrogens (tertiary/aromatic N) is 1. The minimum absolute atomic E-state index is 0.0207. The number of phenolic OH excluding ortho intramolecular Hbond substituents is 1. The number of hydrogen-bond donors (Lipinski definition) is 1. The van der Waals surface area contributed by atoms with Crippen LogP contribution in [0.4, 0.5) is 0 Å². The molecule has 0 spiro atoms. The van der Waals surface area contributed by atoms with E-state index in [4.69, 9.17) is 30.9 Å². The van der Waals surface area contributed by atoms with Crippen molar-refractivity contribution in [2.24, 2.45) is 11.3 Å². The maximum Gasteiger partial charge on any atom is 0.358 e. The molecule has 0 saturated carbocycles. The van der Waals surface area contributed by atoms with E-state index in [1.54, 1.807) is 11.0 Å². The number of fused-ring (bicyclic) bond motifs is 1. The van der Waals surface area contributed by atoms with Gasteiger partial charge in [0.15, 0.2) is 8.32 Å². The fraction of sp³-hybridized carbons (Fsp3) is 0.622. The topological polar surface area (TPSA) is 94.5 Å². The predicted molar refractivity (Wildman–Crippen MR) is 244 cm³/mol.